The number of likely N-dealkylation sites (N-methyl/N-ethyl adjacent to an activating group) is 1. The summed E-state index contributed by atoms with van der Waals surface area (Å²) in [4.78, 5) is 25.7. The summed E-state index contributed by atoms with van der Waals surface area (Å²) in [5.41, 5.74) is 0.910. The molecule has 7 heteroatoms. The second-order valence-corrected chi connectivity index (χ2v) is 6.10. The lowest BCUT2D eigenvalue weighted by Gasteiger charge is -2.20. The number of carbonyl (C=O) groups excluding carboxylic acids is 2. The fraction of sp³-hybridized carbons (Fsp3) is 0.471. The highest BCUT2D eigenvalue weighted by atomic mass is 35.5. The van der Waals surface area contributed by atoms with Crippen molar-refractivity contribution >= 4 is 29.1 Å². The van der Waals surface area contributed by atoms with Gasteiger partial charge < -0.3 is 10.6 Å². The molecule has 1 rings (SSSR count). The van der Waals surface area contributed by atoms with Crippen LogP contribution < -0.4 is 10.6 Å². The molecule has 24 heavy (non-hydrogen) atoms. The maximum Gasteiger partial charge on any atom is 0.234 e. The number of amides is 2. The van der Waals surface area contributed by atoms with Gasteiger partial charge in [-0.1, -0.05) is 18.5 Å². The maximum absolute atomic E-state index is 12.0. The van der Waals surface area contributed by atoms with Crippen LogP contribution in [0.3, 0.4) is 0 Å². The third-order valence-corrected chi connectivity index (χ3v) is 3.61. The molecular formula is C17H23ClN4O2. The predicted octanol–water partition coefficient (Wildman–Crippen LogP) is 2.39. The summed E-state index contributed by atoms with van der Waals surface area (Å²) >= 11 is 5.94. The number of carbonyl (C=O) groups is 2. The van der Waals surface area contributed by atoms with Gasteiger partial charge in [-0.3, -0.25) is 14.5 Å². The Morgan fingerprint density at radius 1 is 1.33 bits per heavy atom. The highest BCUT2D eigenvalue weighted by molar-refractivity contribution is 6.32. The molecule has 0 saturated carbocycles. The van der Waals surface area contributed by atoms with Crippen LogP contribution in [0.2, 0.25) is 5.02 Å². The molecule has 0 aliphatic carbocycles. The van der Waals surface area contributed by atoms with Gasteiger partial charge in [0.2, 0.25) is 11.8 Å². The minimum Gasteiger partial charge on any atom is -0.353 e. The van der Waals surface area contributed by atoms with E-state index in [1.54, 1.807) is 18.2 Å². The van der Waals surface area contributed by atoms with E-state index >= 15 is 0 Å². The van der Waals surface area contributed by atoms with Crippen LogP contribution in [-0.4, -0.2) is 42.4 Å². The van der Waals surface area contributed by atoms with E-state index in [2.05, 4.69) is 10.6 Å². The molecule has 0 spiro atoms. The molecule has 0 aliphatic heterocycles. The van der Waals surface area contributed by atoms with Crippen LogP contribution in [0.15, 0.2) is 18.2 Å². The van der Waals surface area contributed by atoms with Gasteiger partial charge in [-0.15, -0.1) is 0 Å². The van der Waals surface area contributed by atoms with Gasteiger partial charge in [0.15, 0.2) is 0 Å². The van der Waals surface area contributed by atoms with Crippen LogP contribution >= 0.6 is 11.6 Å². The number of hydrogen-bond acceptors (Lipinski definition) is 4. The Morgan fingerprint density at radius 2 is 2.04 bits per heavy atom. The first kappa shape index (κ1) is 19.9. The lowest BCUT2D eigenvalue weighted by molar-refractivity contribution is -0.123. The molecule has 1 aromatic carbocycles. The van der Waals surface area contributed by atoms with E-state index in [9.17, 15) is 9.59 Å². The molecule has 6 nitrogen and oxygen atoms in total. The van der Waals surface area contributed by atoms with Crippen LogP contribution in [0, 0.1) is 11.3 Å². The normalized spacial score (nSPS) is 10.5. The fourth-order valence-electron chi connectivity index (χ4n) is 2.09. The zero-order chi connectivity index (χ0) is 18.1. The van der Waals surface area contributed by atoms with Crippen LogP contribution in [-0.2, 0) is 9.59 Å². The molecule has 0 bridgehead atoms. The monoisotopic (exact) mass is 350 g/mol. The molecule has 0 fully saturated rings. The quantitative estimate of drug-likeness (QED) is 0.753. The number of anilines is 1. The number of nitriles is 1. The minimum absolute atomic E-state index is 0.0499. The van der Waals surface area contributed by atoms with Gasteiger partial charge in [0.1, 0.15) is 6.07 Å². The minimum atomic E-state index is -0.168. The molecule has 0 aromatic heterocycles. The first-order valence-electron chi connectivity index (χ1n) is 7.87. The van der Waals surface area contributed by atoms with Gasteiger partial charge in [-0.05, 0) is 38.6 Å². The van der Waals surface area contributed by atoms with E-state index in [1.807, 2.05) is 31.7 Å². The standard InChI is InChI=1S/C17H23ClN4O2/c1-4-22(11-17(24)20-12(2)3)8-7-16(23)21-14-6-5-13(10-19)15(18)9-14/h5-6,9,12H,4,7-8,11H2,1-3H3,(H,20,24)(H,21,23). The van der Waals surface area contributed by atoms with Crippen LogP contribution in [0.25, 0.3) is 0 Å². The molecule has 0 radical (unpaired) electrons. The molecule has 0 aliphatic rings. The average molecular weight is 351 g/mol. The SMILES string of the molecule is CCN(CCC(=O)Nc1ccc(C#N)c(Cl)c1)CC(=O)NC(C)C. The third kappa shape index (κ3) is 6.99. The first-order chi connectivity index (χ1) is 11.3. The number of rotatable bonds is 8. The Labute approximate surface area is 147 Å². The molecule has 1 aromatic rings. The van der Waals surface area contributed by atoms with Crippen molar-refractivity contribution in [1.82, 2.24) is 10.2 Å². The number of benzene rings is 1. The van der Waals surface area contributed by atoms with Crippen LogP contribution in [0.5, 0.6) is 0 Å². The molecule has 0 unspecified atom stereocenters. The largest absolute Gasteiger partial charge is 0.353 e. The molecule has 2 N–H and O–H groups in total. The van der Waals surface area contributed by atoms with Gasteiger partial charge in [-0.2, -0.15) is 5.26 Å². The summed E-state index contributed by atoms with van der Waals surface area (Å²) in [5, 5.41) is 14.7. The van der Waals surface area contributed by atoms with Crippen molar-refractivity contribution in [2.45, 2.75) is 33.2 Å². The highest BCUT2D eigenvalue weighted by Gasteiger charge is 2.12. The third-order valence-electron chi connectivity index (χ3n) is 3.29. The Morgan fingerprint density at radius 3 is 2.58 bits per heavy atom. The van der Waals surface area contributed by atoms with E-state index in [4.69, 9.17) is 16.9 Å². The van der Waals surface area contributed by atoms with Gasteiger partial charge >= 0.3 is 0 Å². The summed E-state index contributed by atoms with van der Waals surface area (Å²) in [5.74, 6) is -0.218. The summed E-state index contributed by atoms with van der Waals surface area (Å²) in [7, 11) is 0. The van der Waals surface area contributed by atoms with E-state index in [0.29, 0.717) is 29.4 Å². The van der Waals surface area contributed by atoms with Crippen LogP contribution in [0.4, 0.5) is 5.69 Å². The summed E-state index contributed by atoms with van der Waals surface area (Å²) in [6, 6.07) is 6.81. The first-order valence-corrected chi connectivity index (χ1v) is 8.24. The molecular weight excluding hydrogens is 328 g/mol. The maximum atomic E-state index is 12.0. The Bertz CT molecular complexity index is 626. The second kappa shape index (κ2) is 9.91. The number of nitrogens with one attached hydrogen (secondary N) is 2. The Balaban J connectivity index is 2.48. The average Bonchev–Trinajstić information content (AvgIpc) is 2.50. The Hall–Kier alpha value is -2.10. The smallest absolute Gasteiger partial charge is 0.234 e. The molecule has 2 amide bonds. The molecule has 130 valence electrons. The Kier molecular flexibility index (Phi) is 8.24. The molecule has 0 saturated heterocycles. The highest BCUT2D eigenvalue weighted by Crippen LogP contribution is 2.20. The number of halogens is 1. The topological polar surface area (TPSA) is 85.2 Å². The van der Waals surface area contributed by atoms with Crippen molar-refractivity contribution in [1.29, 1.82) is 5.26 Å². The summed E-state index contributed by atoms with van der Waals surface area (Å²) in [6.45, 7) is 7.19. The van der Waals surface area contributed by atoms with Crippen molar-refractivity contribution < 1.29 is 9.59 Å². The second-order valence-electron chi connectivity index (χ2n) is 5.70. The molecule has 0 atom stereocenters. The van der Waals surface area contributed by atoms with Gasteiger partial charge in [-0.25, -0.2) is 0 Å². The van der Waals surface area contributed by atoms with E-state index < -0.39 is 0 Å². The van der Waals surface area contributed by atoms with Crippen molar-refractivity contribution in [2.75, 3.05) is 25.0 Å². The zero-order valence-corrected chi connectivity index (χ0v) is 15.0. The lowest BCUT2D eigenvalue weighted by atomic mass is 10.2. The van der Waals surface area contributed by atoms with E-state index in [-0.39, 0.29) is 30.8 Å². The lowest BCUT2D eigenvalue weighted by Crippen LogP contribution is -2.41. The summed E-state index contributed by atoms with van der Waals surface area (Å²) < 4.78 is 0. The number of hydrogen-bond donors (Lipinski definition) is 2. The van der Waals surface area contributed by atoms with Crippen molar-refractivity contribution in [3.63, 3.8) is 0 Å². The van der Waals surface area contributed by atoms with Crippen LogP contribution in [0.1, 0.15) is 32.8 Å². The number of nitrogens with zero attached hydrogens (tertiary/aromatic N) is 2. The van der Waals surface area contributed by atoms with Crippen molar-refractivity contribution in [3.8, 4) is 6.07 Å². The predicted molar refractivity (Wildman–Crippen MR) is 94.8 cm³/mol. The fourth-order valence-corrected chi connectivity index (χ4v) is 2.31. The van der Waals surface area contributed by atoms with E-state index in [0.717, 1.165) is 0 Å². The summed E-state index contributed by atoms with van der Waals surface area (Å²) in [6.07, 6.45) is 0.264. The van der Waals surface area contributed by atoms with Gasteiger partial charge in [0.25, 0.3) is 0 Å². The van der Waals surface area contributed by atoms with Crippen molar-refractivity contribution in [2.24, 2.45) is 0 Å². The zero-order valence-electron chi connectivity index (χ0n) is 14.2. The van der Waals surface area contributed by atoms with Gasteiger partial charge in [0.05, 0.1) is 17.1 Å². The molecule has 0 heterocycles. The van der Waals surface area contributed by atoms with Gasteiger partial charge in [0, 0.05) is 24.7 Å². The van der Waals surface area contributed by atoms with Crippen molar-refractivity contribution in [3.05, 3.63) is 28.8 Å². The van der Waals surface area contributed by atoms with E-state index in [1.165, 1.54) is 0 Å².